The van der Waals surface area contributed by atoms with E-state index in [0.717, 1.165) is 19.3 Å². The Hall–Kier alpha value is -0.660. The Labute approximate surface area is 115 Å². The van der Waals surface area contributed by atoms with Gasteiger partial charge in [-0.25, -0.2) is 0 Å². The molecule has 0 aliphatic carbocycles. The molecule has 7 heteroatoms. The first-order valence-electron chi connectivity index (χ1n) is 6.76. The van der Waals surface area contributed by atoms with Gasteiger partial charge in [0.05, 0.1) is 0 Å². The average Bonchev–Trinajstić information content (AvgIpc) is 2.27. The van der Waals surface area contributed by atoms with Crippen LogP contribution in [0, 0.1) is 5.92 Å². The van der Waals surface area contributed by atoms with Gasteiger partial charge in [0.25, 0.3) is 10.2 Å². The van der Waals surface area contributed by atoms with Gasteiger partial charge in [-0.1, -0.05) is 20.3 Å². The summed E-state index contributed by atoms with van der Waals surface area (Å²) in [6.45, 7) is 6.06. The smallest absolute Gasteiger partial charge is 0.321 e. The maximum Gasteiger partial charge on any atom is 0.321 e. The molecule has 1 rings (SSSR count). The maximum atomic E-state index is 12.2. The van der Waals surface area contributed by atoms with Crippen molar-refractivity contribution in [3.05, 3.63) is 0 Å². The van der Waals surface area contributed by atoms with Gasteiger partial charge >= 0.3 is 5.97 Å². The van der Waals surface area contributed by atoms with Crippen LogP contribution >= 0.6 is 0 Å². The summed E-state index contributed by atoms with van der Waals surface area (Å²) >= 11 is 0. The van der Waals surface area contributed by atoms with Gasteiger partial charge in [-0.05, 0) is 32.1 Å². The van der Waals surface area contributed by atoms with E-state index in [1.807, 2.05) is 20.8 Å². The van der Waals surface area contributed by atoms with Gasteiger partial charge in [0, 0.05) is 12.6 Å². The number of aliphatic carboxylic acids is 1. The fourth-order valence-electron chi connectivity index (χ4n) is 2.35. The summed E-state index contributed by atoms with van der Waals surface area (Å²) < 4.78 is 28.2. The molecule has 1 aliphatic heterocycles. The highest BCUT2D eigenvalue weighted by Gasteiger charge is 2.33. The summed E-state index contributed by atoms with van der Waals surface area (Å²) in [7, 11) is -3.72. The first-order valence-corrected chi connectivity index (χ1v) is 8.20. The van der Waals surface area contributed by atoms with Gasteiger partial charge in [0.15, 0.2) is 0 Å². The lowest BCUT2D eigenvalue weighted by Gasteiger charge is -2.33. The van der Waals surface area contributed by atoms with Crippen LogP contribution in [0.4, 0.5) is 0 Å². The van der Waals surface area contributed by atoms with E-state index in [0.29, 0.717) is 6.54 Å². The van der Waals surface area contributed by atoms with Gasteiger partial charge < -0.3 is 5.11 Å². The minimum absolute atomic E-state index is 0.0697. The van der Waals surface area contributed by atoms with Crippen molar-refractivity contribution in [2.24, 2.45) is 5.92 Å². The molecule has 19 heavy (non-hydrogen) atoms. The largest absolute Gasteiger partial charge is 0.480 e. The maximum absolute atomic E-state index is 12.2. The quantitative estimate of drug-likeness (QED) is 0.770. The SMILES string of the molecule is CC(C)C[C@@H](NS(=O)(=O)N1CCCCC1C)C(=O)O. The molecule has 2 N–H and O–H groups in total. The third-order valence-electron chi connectivity index (χ3n) is 3.35. The summed E-state index contributed by atoms with van der Waals surface area (Å²) in [5, 5.41) is 9.10. The van der Waals surface area contributed by atoms with Gasteiger partial charge in [-0.15, -0.1) is 0 Å². The Morgan fingerprint density at radius 2 is 2.05 bits per heavy atom. The first-order chi connectivity index (χ1) is 8.74. The van der Waals surface area contributed by atoms with Gasteiger partial charge in [0.1, 0.15) is 6.04 Å². The number of hydrogen-bond donors (Lipinski definition) is 2. The lowest BCUT2D eigenvalue weighted by molar-refractivity contribution is -0.139. The molecule has 0 spiro atoms. The highest BCUT2D eigenvalue weighted by Crippen LogP contribution is 2.20. The Kier molecular flexibility index (Phi) is 5.76. The van der Waals surface area contributed by atoms with Crippen LogP contribution in [-0.4, -0.2) is 42.4 Å². The molecular formula is C12H24N2O4S. The number of carbonyl (C=O) groups is 1. The fourth-order valence-corrected chi connectivity index (χ4v) is 3.99. The number of rotatable bonds is 6. The third kappa shape index (κ3) is 4.74. The first kappa shape index (κ1) is 16.4. The molecule has 0 aromatic rings. The summed E-state index contributed by atoms with van der Waals surface area (Å²) in [5.74, 6) is -1.01. The van der Waals surface area contributed by atoms with Crippen molar-refractivity contribution in [2.45, 2.75) is 58.5 Å². The van der Waals surface area contributed by atoms with Crippen molar-refractivity contribution < 1.29 is 18.3 Å². The lowest BCUT2D eigenvalue weighted by Crippen LogP contribution is -2.52. The topological polar surface area (TPSA) is 86.7 Å². The summed E-state index contributed by atoms with van der Waals surface area (Å²) in [5.41, 5.74) is 0. The summed E-state index contributed by atoms with van der Waals surface area (Å²) in [4.78, 5) is 11.1. The molecule has 0 amide bonds. The molecule has 0 bridgehead atoms. The van der Waals surface area contributed by atoms with Gasteiger partial charge in [0.2, 0.25) is 0 Å². The van der Waals surface area contributed by atoms with Gasteiger partial charge in [-0.3, -0.25) is 4.79 Å². The zero-order chi connectivity index (χ0) is 14.6. The van der Waals surface area contributed by atoms with E-state index in [9.17, 15) is 13.2 Å². The number of nitrogens with zero attached hydrogens (tertiary/aromatic N) is 1. The van der Waals surface area contributed by atoms with Crippen LogP contribution in [0.25, 0.3) is 0 Å². The van der Waals surface area contributed by atoms with Crippen molar-refractivity contribution in [2.75, 3.05) is 6.54 Å². The molecular weight excluding hydrogens is 268 g/mol. The second kappa shape index (κ2) is 6.67. The second-order valence-electron chi connectivity index (χ2n) is 5.60. The van der Waals surface area contributed by atoms with Crippen LogP contribution in [0.1, 0.15) is 46.5 Å². The number of hydrogen-bond acceptors (Lipinski definition) is 3. The highest BCUT2D eigenvalue weighted by atomic mass is 32.2. The fraction of sp³-hybridized carbons (Fsp3) is 0.917. The standard InChI is InChI=1S/C12H24N2O4S/c1-9(2)8-11(12(15)16)13-19(17,18)14-7-5-4-6-10(14)3/h9-11,13H,4-8H2,1-3H3,(H,15,16)/t10?,11-/m1/s1. The third-order valence-corrected chi connectivity index (χ3v) is 5.09. The monoisotopic (exact) mass is 292 g/mol. The normalized spacial score (nSPS) is 23.5. The van der Waals surface area contributed by atoms with Crippen molar-refractivity contribution in [3.8, 4) is 0 Å². The Bertz CT molecular complexity index is 408. The van der Waals surface area contributed by atoms with Crippen molar-refractivity contribution in [1.82, 2.24) is 9.03 Å². The molecule has 1 saturated heterocycles. The molecule has 0 aromatic heterocycles. The number of piperidine rings is 1. The van der Waals surface area contributed by atoms with E-state index >= 15 is 0 Å². The van der Waals surface area contributed by atoms with Gasteiger partial charge in [-0.2, -0.15) is 17.4 Å². The predicted molar refractivity (Wildman–Crippen MR) is 73.0 cm³/mol. The molecule has 0 aromatic carbocycles. The van der Waals surface area contributed by atoms with Crippen molar-refractivity contribution in [1.29, 1.82) is 0 Å². The summed E-state index contributed by atoms with van der Waals surface area (Å²) in [6, 6.07) is -1.13. The van der Waals surface area contributed by atoms with E-state index in [1.54, 1.807) is 0 Å². The molecule has 2 atom stereocenters. The number of nitrogens with one attached hydrogen (secondary N) is 1. The molecule has 0 radical (unpaired) electrons. The molecule has 1 heterocycles. The Balaban J connectivity index is 2.78. The molecule has 1 aliphatic rings. The lowest BCUT2D eigenvalue weighted by atomic mass is 10.1. The Morgan fingerprint density at radius 3 is 2.53 bits per heavy atom. The molecule has 1 fully saturated rings. The zero-order valence-corrected chi connectivity index (χ0v) is 12.6. The van der Waals surface area contributed by atoms with Crippen LogP contribution < -0.4 is 4.72 Å². The minimum Gasteiger partial charge on any atom is -0.480 e. The van der Waals surface area contributed by atoms with Crippen LogP contribution in [0.2, 0.25) is 0 Å². The van der Waals surface area contributed by atoms with Crippen LogP contribution in [0.5, 0.6) is 0 Å². The van der Waals surface area contributed by atoms with E-state index < -0.39 is 22.2 Å². The van der Waals surface area contributed by atoms with Crippen LogP contribution in [0.15, 0.2) is 0 Å². The second-order valence-corrected chi connectivity index (χ2v) is 7.25. The average molecular weight is 292 g/mol. The number of carboxylic acids is 1. The Morgan fingerprint density at radius 1 is 1.42 bits per heavy atom. The molecule has 0 saturated carbocycles. The van der Waals surface area contributed by atoms with Crippen molar-refractivity contribution in [3.63, 3.8) is 0 Å². The van der Waals surface area contributed by atoms with Crippen LogP contribution in [0.3, 0.4) is 0 Å². The van der Waals surface area contributed by atoms with E-state index in [1.165, 1.54) is 4.31 Å². The van der Waals surface area contributed by atoms with Crippen molar-refractivity contribution >= 4 is 16.2 Å². The number of carboxylic acid groups (broad SMARTS) is 1. The zero-order valence-electron chi connectivity index (χ0n) is 11.8. The minimum atomic E-state index is -3.72. The highest BCUT2D eigenvalue weighted by molar-refractivity contribution is 7.87. The van der Waals surface area contributed by atoms with E-state index in [4.69, 9.17) is 5.11 Å². The van der Waals surface area contributed by atoms with Crippen LogP contribution in [-0.2, 0) is 15.0 Å². The molecule has 112 valence electrons. The molecule has 1 unspecified atom stereocenters. The van der Waals surface area contributed by atoms with E-state index in [2.05, 4.69) is 4.72 Å². The predicted octanol–water partition coefficient (Wildman–Crippen LogP) is 1.19. The summed E-state index contributed by atoms with van der Waals surface area (Å²) in [6.07, 6.45) is 2.95. The van der Waals surface area contributed by atoms with E-state index in [-0.39, 0.29) is 18.4 Å². The molecule has 6 nitrogen and oxygen atoms in total.